The highest BCUT2D eigenvalue weighted by molar-refractivity contribution is 6.93. The highest BCUT2D eigenvalue weighted by Crippen LogP contribution is 2.56. The Bertz CT molecular complexity index is 3150. The molecule has 11 rings (SSSR count). The summed E-state index contributed by atoms with van der Waals surface area (Å²) in [5.41, 5.74) is 25.4. The molecule has 0 saturated heterocycles. The average molecular weight is 899 g/mol. The Morgan fingerprint density at radius 1 is 0.588 bits per heavy atom. The molecule has 3 heterocycles. The lowest BCUT2D eigenvalue weighted by atomic mass is 9.33. The van der Waals surface area contributed by atoms with E-state index in [9.17, 15) is 0 Å². The third-order valence-electron chi connectivity index (χ3n) is 17.7. The number of hydrogen-bond donors (Lipinski definition) is 0. The van der Waals surface area contributed by atoms with Crippen LogP contribution in [0.2, 0.25) is 0 Å². The van der Waals surface area contributed by atoms with Gasteiger partial charge in [-0.05, 0) is 182 Å². The zero-order chi connectivity index (χ0) is 48.4. The third-order valence-corrected chi connectivity index (χ3v) is 17.7. The van der Waals surface area contributed by atoms with Gasteiger partial charge in [0.05, 0.1) is 23.1 Å². The molecule has 350 valence electrons. The number of aryl methyl sites for hydroxylation is 1. The largest absolute Gasteiger partial charge is 0.468 e. The van der Waals surface area contributed by atoms with Gasteiger partial charge in [0.1, 0.15) is 5.58 Å². The van der Waals surface area contributed by atoms with Gasteiger partial charge in [-0.2, -0.15) is 0 Å². The Morgan fingerprint density at radius 3 is 1.72 bits per heavy atom. The second-order valence-electron chi connectivity index (χ2n) is 26.5. The van der Waals surface area contributed by atoms with Crippen molar-refractivity contribution in [3.8, 4) is 11.1 Å². The summed E-state index contributed by atoms with van der Waals surface area (Å²) in [7, 11) is 0. The summed E-state index contributed by atoms with van der Waals surface area (Å²) in [4.78, 5) is 5.47. The van der Waals surface area contributed by atoms with Crippen molar-refractivity contribution < 1.29 is 4.42 Å². The number of furan rings is 1. The lowest BCUT2D eigenvalue weighted by Crippen LogP contribution is -2.61. The van der Waals surface area contributed by atoms with Crippen LogP contribution >= 0.6 is 0 Å². The Morgan fingerprint density at radius 2 is 1.13 bits per heavy atom. The van der Waals surface area contributed by atoms with Crippen molar-refractivity contribution in [2.75, 3.05) is 9.80 Å². The molecule has 0 amide bonds. The van der Waals surface area contributed by atoms with E-state index in [-0.39, 0.29) is 45.2 Å². The fourth-order valence-corrected chi connectivity index (χ4v) is 13.1. The summed E-state index contributed by atoms with van der Waals surface area (Å²) in [5.74, 6) is 0. The first-order chi connectivity index (χ1) is 31.8. The van der Waals surface area contributed by atoms with Crippen molar-refractivity contribution in [3.05, 3.63) is 153 Å². The minimum absolute atomic E-state index is 0.0164. The van der Waals surface area contributed by atoms with Crippen molar-refractivity contribution in [1.29, 1.82) is 0 Å². The summed E-state index contributed by atoms with van der Waals surface area (Å²) >= 11 is 0. The van der Waals surface area contributed by atoms with Gasteiger partial charge in [0.2, 0.25) is 0 Å². The van der Waals surface area contributed by atoms with Crippen LogP contribution in [0.25, 0.3) is 22.1 Å². The van der Waals surface area contributed by atoms with Crippen LogP contribution in [0, 0.1) is 6.92 Å². The van der Waals surface area contributed by atoms with E-state index in [1.807, 2.05) is 0 Å². The van der Waals surface area contributed by atoms with Gasteiger partial charge in [0.15, 0.2) is 0 Å². The normalized spacial score (nSPS) is 20.9. The van der Waals surface area contributed by atoms with Crippen LogP contribution in [0.3, 0.4) is 0 Å². The Labute approximate surface area is 409 Å². The molecule has 0 bridgehead atoms. The minimum atomic E-state index is -0.0581. The van der Waals surface area contributed by atoms with E-state index in [0.29, 0.717) is 0 Å². The molecule has 3 nitrogen and oxygen atoms in total. The van der Waals surface area contributed by atoms with Crippen LogP contribution in [0.15, 0.2) is 118 Å². The monoisotopic (exact) mass is 899 g/mol. The first kappa shape index (κ1) is 45.2. The predicted molar refractivity (Wildman–Crippen MR) is 292 cm³/mol. The zero-order valence-electron chi connectivity index (χ0n) is 44.2. The van der Waals surface area contributed by atoms with Gasteiger partial charge in [-0.3, -0.25) is 0 Å². The molecule has 1 unspecified atom stereocenters. The molecule has 2 aliphatic heterocycles. The molecule has 5 aromatic carbocycles. The molecule has 0 radical (unpaired) electrons. The number of anilines is 4. The zero-order valence-corrected chi connectivity index (χ0v) is 44.2. The van der Waals surface area contributed by atoms with E-state index in [1.54, 1.807) is 0 Å². The summed E-state index contributed by atoms with van der Waals surface area (Å²) in [6.07, 6.45) is 8.16. The second kappa shape index (κ2) is 14.7. The van der Waals surface area contributed by atoms with Gasteiger partial charge in [-0.15, -0.1) is 0 Å². The predicted octanol–water partition coefficient (Wildman–Crippen LogP) is 16.1. The van der Waals surface area contributed by atoms with Crippen molar-refractivity contribution in [3.63, 3.8) is 0 Å². The van der Waals surface area contributed by atoms with Gasteiger partial charge >= 0.3 is 0 Å². The third kappa shape index (κ3) is 6.80. The fourth-order valence-electron chi connectivity index (χ4n) is 13.1. The molecule has 1 atom stereocenters. The van der Waals surface area contributed by atoms with Crippen LogP contribution in [-0.2, 0) is 32.5 Å². The lowest BCUT2D eigenvalue weighted by molar-refractivity contribution is 0.332. The quantitative estimate of drug-likeness (QED) is 0.165. The van der Waals surface area contributed by atoms with E-state index in [0.717, 1.165) is 36.9 Å². The maximum Gasteiger partial charge on any atom is 0.292 e. The fraction of sp³-hybridized carbons (Fsp3) is 0.438. The Hall–Kier alpha value is -5.22. The number of rotatable bonds is 3. The second-order valence-corrected chi connectivity index (χ2v) is 26.5. The van der Waals surface area contributed by atoms with Crippen LogP contribution in [-0.4, -0.2) is 12.8 Å². The average Bonchev–Trinajstić information content (AvgIpc) is 3.64. The van der Waals surface area contributed by atoms with Gasteiger partial charge in [0, 0.05) is 28.0 Å². The number of hydrogen-bond acceptors (Lipinski definition) is 3. The molecule has 0 N–H and O–H groups in total. The van der Waals surface area contributed by atoms with Crippen molar-refractivity contribution in [2.45, 2.75) is 181 Å². The highest BCUT2D eigenvalue weighted by atomic mass is 16.3. The van der Waals surface area contributed by atoms with Crippen LogP contribution in [0.1, 0.15) is 175 Å². The van der Waals surface area contributed by atoms with E-state index in [4.69, 9.17) is 4.42 Å². The minimum Gasteiger partial charge on any atom is -0.468 e. The molecule has 0 saturated carbocycles. The van der Waals surface area contributed by atoms with Crippen molar-refractivity contribution >= 4 is 51.6 Å². The molecule has 3 aliphatic carbocycles. The molecule has 0 spiro atoms. The molecular weight excluding hydrogens is 824 g/mol. The van der Waals surface area contributed by atoms with Crippen LogP contribution in [0.5, 0.6) is 0 Å². The van der Waals surface area contributed by atoms with Crippen LogP contribution < -0.4 is 20.9 Å². The summed E-state index contributed by atoms with van der Waals surface area (Å²) in [6.45, 7) is 38.4. The molecule has 1 aromatic heterocycles. The Kier molecular flexibility index (Phi) is 9.75. The highest BCUT2D eigenvalue weighted by Gasteiger charge is 2.53. The molecule has 6 aromatic rings. The Balaban J connectivity index is 1.30. The van der Waals surface area contributed by atoms with Crippen molar-refractivity contribution in [2.24, 2.45) is 0 Å². The smallest absolute Gasteiger partial charge is 0.292 e. The SMILES string of the molecule is CC1=CC2=C3B(c4cc5c(cc4N2c2cc4c(cc2-c2ccccc2C)C(C)(C)CCC4(C)C)C(C)(C)CCC5(C)C)c2oc4ccc(C(C)(C)C)cc4c2N(c2ccc(C(C)(C)C)cc2)C3C1. The number of fused-ring (bicyclic) bond motifs is 8. The summed E-state index contributed by atoms with van der Waals surface area (Å²) < 4.78 is 7.50. The molecule has 4 heteroatoms. The standard InChI is InChI=1S/C64H75BN2O/c1-38-31-53-56-54(32-38)67(51-36-48-46(61(9,10)27-29-63(48,13)14)34-44(51)43-20-18-17-19-39(43)2)52-37-49-47(62(11,12)28-30-64(49,15)16)35-50(52)65(56)58-57(45-33-41(60(6,7)8)23-26-55(45)68-58)66(53)42-24-21-40(22-25-42)59(3,4)5/h17-26,32-37,53H,27-31H2,1-16H3. The lowest BCUT2D eigenvalue weighted by Gasteiger charge is -2.51. The van der Waals surface area contributed by atoms with E-state index in [2.05, 4.69) is 218 Å². The van der Waals surface area contributed by atoms with Gasteiger partial charge < -0.3 is 14.2 Å². The molecular formula is C64H75BN2O. The number of allylic oxidation sites excluding steroid dienone is 1. The first-order valence-electron chi connectivity index (χ1n) is 25.9. The molecule has 0 fully saturated rings. The van der Waals surface area contributed by atoms with E-state index < -0.39 is 0 Å². The summed E-state index contributed by atoms with van der Waals surface area (Å²) in [6, 6.07) is 36.3. The van der Waals surface area contributed by atoms with E-state index in [1.165, 1.54) is 107 Å². The van der Waals surface area contributed by atoms with Gasteiger partial charge in [-0.25, -0.2) is 0 Å². The maximum absolute atomic E-state index is 7.50. The van der Waals surface area contributed by atoms with Crippen molar-refractivity contribution in [1.82, 2.24) is 0 Å². The number of benzene rings is 5. The number of nitrogens with zero attached hydrogens (tertiary/aromatic N) is 2. The van der Waals surface area contributed by atoms with E-state index >= 15 is 0 Å². The topological polar surface area (TPSA) is 19.6 Å². The van der Waals surface area contributed by atoms with Gasteiger partial charge in [0.25, 0.3) is 6.71 Å². The van der Waals surface area contributed by atoms with Crippen LogP contribution in [0.4, 0.5) is 22.7 Å². The maximum atomic E-state index is 7.50. The molecule has 5 aliphatic rings. The molecule has 68 heavy (non-hydrogen) atoms. The summed E-state index contributed by atoms with van der Waals surface area (Å²) in [5, 5.41) is 1.21. The van der Waals surface area contributed by atoms with Gasteiger partial charge in [-0.1, -0.05) is 151 Å². The first-order valence-corrected chi connectivity index (χ1v) is 25.9.